The topological polar surface area (TPSA) is 42.4 Å². The molecule has 1 aliphatic heterocycles. The minimum atomic E-state index is -0.913. The second kappa shape index (κ2) is 4.98. The molecule has 4 nitrogen and oxygen atoms in total. The summed E-state index contributed by atoms with van der Waals surface area (Å²) in [5.74, 6) is -1.84. The van der Waals surface area contributed by atoms with Crippen LogP contribution in [0.5, 0.6) is 0 Å². The molecule has 2 aliphatic rings. The second-order valence-electron chi connectivity index (χ2n) is 7.18. The fraction of sp³-hybridized carbons (Fsp3) is 0.625. The van der Waals surface area contributed by atoms with Crippen molar-refractivity contribution in [2.75, 3.05) is 26.8 Å². The quantitative estimate of drug-likeness (QED) is 0.861. The first-order valence-electron chi connectivity index (χ1n) is 7.38. The van der Waals surface area contributed by atoms with E-state index in [4.69, 9.17) is 4.74 Å². The van der Waals surface area contributed by atoms with E-state index in [1.54, 1.807) is 12.0 Å². The van der Waals surface area contributed by atoms with Crippen LogP contribution in [-0.4, -0.2) is 42.6 Å². The summed E-state index contributed by atoms with van der Waals surface area (Å²) in [5, 5.41) is 0. The van der Waals surface area contributed by atoms with Crippen LogP contribution in [0.2, 0.25) is 0 Å². The van der Waals surface area contributed by atoms with Crippen molar-refractivity contribution in [3.63, 3.8) is 0 Å². The molecule has 0 bridgehead atoms. The number of fused-ring (bicyclic) bond motifs is 1. The molecule has 2 fully saturated rings. The highest BCUT2D eigenvalue weighted by Gasteiger charge is 2.63. The fourth-order valence-corrected chi connectivity index (χ4v) is 4.48. The number of aromatic nitrogens is 1. The van der Waals surface area contributed by atoms with Crippen molar-refractivity contribution in [2.24, 2.45) is 16.7 Å². The van der Waals surface area contributed by atoms with E-state index in [0.717, 1.165) is 12.6 Å². The number of rotatable bonds is 3. The highest BCUT2D eigenvalue weighted by atomic mass is 19.1. The maximum atomic E-state index is 13.8. The molecule has 0 aromatic carbocycles. The van der Waals surface area contributed by atoms with Gasteiger partial charge in [-0.2, -0.15) is 0 Å². The van der Waals surface area contributed by atoms with Crippen molar-refractivity contribution < 1.29 is 18.3 Å². The zero-order valence-electron chi connectivity index (χ0n) is 13.0. The van der Waals surface area contributed by atoms with Gasteiger partial charge in [-0.1, -0.05) is 13.8 Å². The Morgan fingerprint density at radius 2 is 2.23 bits per heavy atom. The van der Waals surface area contributed by atoms with Crippen LogP contribution in [0.15, 0.2) is 12.3 Å². The normalized spacial score (nSPS) is 29.1. The average molecular weight is 310 g/mol. The standard InChI is InChI=1S/C16H20F2N2O2/c1-15(2)7-16(9-22-3)8-20(6-12(15)16)14(21)13-11(18)4-10(17)5-19-13/h4-5,12H,6-9H2,1-3H3/t12-,16-/m1/s1. The SMILES string of the molecule is COC[C@@]12CN(C(=O)c3ncc(F)cc3F)C[C@@H]1C(C)(C)C2. The number of carbonyl (C=O) groups is 1. The van der Waals surface area contributed by atoms with E-state index in [9.17, 15) is 13.6 Å². The average Bonchev–Trinajstić information content (AvgIpc) is 2.73. The zero-order valence-corrected chi connectivity index (χ0v) is 13.0. The first-order valence-corrected chi connectivity index (χ1v) is 7.38. The highest BCUT2D eigenvalue weighted by molar-refractivity contribution is 5.92. The smallest absolute Gasteiger partial charge is 0.275 e. The van der Waals surface area contributed by atoms with Crippen LogP contribution < -0.4 is 0 Å². The number of carbonyl (C=O) groups excluding carboxylic acids is 1. The maximum absolute atomic E-state index is 13.8. The number of nitrogens with zero attached hydrogens (tertiary/aromatic N) is 2. The molecule has 6 heteroatoms. The number of likely N-dealkylation sites (tertiary alicyclic amines) is 1. The third-order valence-corrected chi connectivity index (χ3v) is 5.13. The molecule has 22 heavy (non-hydrogen) atoms. The molecule has 1 saturated heterocycles. The lowest BCUT2D eigenvalue weighted by Crippen LogP contribution is -2.55. The number of ether oxygens (including phenoxy) is 1. The minimum absolute atomic E-state index is 0.0512. The monoisotopic (exact) mass is 310 g/mol. The Balaban J connectivity index is 1.83. The first kappa shape index (κ1) is 15.3. The molecule has 0 radical (unpaired) electrons. The lowest BCUT2D eigenvalue weighted by molar-refractivity contribution is -0.107. The third kappa shape index (κ3) is 2.20. The van der Waals surface area contributed by atoms with Crippen LogP contribution in [0, 0.1) is 28.4 Å². The van der Waals surface area contributed by atoms with Crippen LogP contribution in [0.4, 0.5) is 8.78 Å². The number of halogens is 2. The number of pyridine rings is 1. The van der Waals surface area contributed by atoms with Crippen LogP contribution in [-0.2, 0) is 4.74 Å². The van der Waals surface area contributed by atoms with E-state index in [2.05, 4.69) is 18.8 Å². The van der Waals surface area contributed by atoms with E-state index in [0.29, 0.717) is 31.7 Å². The molecule has 1 aromatic rings. The molecule has 1 amide bonds. The number of hydrogen-bond acceptors (Lipinski definition) is 3. The van der Waals surface area contributed by atoms with Crippen molar-refractivity contribution in [1.29, 1.82) is 0 Å². The molecule has 2 atom stereocenters. The summed E-state index contributed by atoms with van der Waals surface area (Å²) in [5.41, 5.74) is -0.222. The summed E-state index contributed by atoms with van der Waals surface area (Å²) in [6, 6.07) is 0.694. The lowest BCUT2D eigenvalue weighted by atomic mass is 9.48. The maximum Gasteiger partial charge on any atom is 0.275 e. The van der Waals surface area contributed by atoms with Gasteiger partial charge >= 0.3 is 0 Å². The van der Waals surface area contributed by atoms with Gasteiger partial charge in [0.25, 0.3) is 5.91 Å². The fourth-order valence-electron chi connectivity index (χ4n) is 4.48. The van der Waals surface area contributed by atoms with Gasteiger partial charge in [0.15, 0.2) is 11.5 Å². The highest BCUT2D eigenvalue weighted by Crippen LogP contribution is 2.62. The van der Waals surface area contributed by atoms with Gasteiger partial charge in [-0.25, -0.2) is 13.8 Å². The Bertz CT molecular complexity index is 620. The summed E-state index contributed by atoms with van der Waals surface area (Å²) in [4.78, 5) is 17.8. The Labute approximate surface area is 128 Å². The van der Waals surface area contributed by atoms with Crippen molar-refractivity contribution in [3.05, 3.63) is 29.6 Å². The predicted molar refractivity (Wildman–Crippen MR) is 76.3 cm³/mol. The van der Waals surface area contributed by atoms with Gasteiger partial charge in [-0.05, 0) is 17.8 Å². The van der Waals surface area contributed by atoms with Gasteiger partial charge in [0.05, 0.1) is 12.8 Å². The van der Waals surface area contributed by atoms with Gasteiger partial charge in [0, 0.05) is 31.7 Å². The second-order valence-corrected chi connectivity index (χ2v) is 7.18. The van der Waals surface area contributed by atoms with Gasteiger partial charge in [0.2, 0.25) is 0 Å². The molecule has 3 rings (SSSR count). The predicted octanol–water partition coefficient (Wildman–Crippen LogP) is 2.49. The van der Waals surface area contributed by atoms with E-state index in [-0.39, 0.29) is 16.5 Å². The van der Waals surface area contributed by atoms with Crippen LogP contribution in [0.25, 0.3) is 0 Å². The molecule has 1 aromatic heterocycles. The molecular formula is C16H20F2N2O2. The van der Waals surface area contributed by atoms with Gasteiger partial charge in [0.1, 0.15) is 5.82 Å². The van der Waals surface area contributed by atoms with E-state index in [1.807, 2.05) is 0 Å². The molecule has 1 aliphatic carbocycles. The third-order valence-electron chi connectivity index (χ3n) is 5.13. The number of hydrogen-bond donors (Lipinski definition) is 0. The lowest BCUT2D eigenvalue weighted by Gasteiger charge is -2.56. The Kier molecular flexibility index (Phi) is 3.47. The molecule has 0 N–H and O–H groups in total. The van der Waals surface area contributed by atoms with Crippen molar-refractivity contribution in [3.8, 4) is 0 Å². The summed E-state index contributed by atoms with van der Waals surface area (Å²) in [6.07, 6.45) is 1.84. The first-order chi connectivity index (χ1) is 10.3. The van der Waals surface area contributed by atoms with Crippen LogP contribution in [0.3, 0.4) is 0 Å². The number of amides is 1. The molecule has 2 heterocycles. The Morgan fingerprint density at radius 1 is 1.50 bits per heavy atom. The van der Waals surface area contributed by atoms with E-state index in [1.165, 1.54) is 0 Å². The summed E-state index contributed by atoms with van der Waals surface area (Å²) in [6.45, 7) is 6.04. The summed E-state index contributed by atoms with van der Waals surface area (Å²) >= 11 is 0. The number of methoxy groups -OCH3 is 1. The Morgan fingerprint density at radius 3 is 2.82 bits per heavy atom. The van der Waals surface area contributed by atoms with Gasteiger partial charge in [-0.15, -0.1) is 0 Å². The summed E-state index contributed by atoms with van der Waals surface area (Å²) < 4.78 is 32.1. The molecule has 1 saturated carbocycles. The van der Waals surface area contributed by atoms with Gasteiger partial charge in [-0.3, -0.25) is 4.79 Å². The Hall–Kier alpha value is -1.56. The van der Waals surface area contributed by atoms with Crippen LogP contribution >= 0.6 is 0 Å². The van der Waals surface area contributed by atoms with E-state index >= 15 is 0 Å². The molecular weight excluding hydrogens is 290 g/mol. The van der Waals surface area contributed by atoms with Gasteiger partial charge < -0.3 is 9.64 Å². The largest absolute Gasteiger partial charge is 0.384 e. The van der Waals surface area contributed by atoms with Crippen molar-refractivity contribution in [1.82, 2.24) is 9.88 Å². The van der Waals surface area contributed by atoms with Crippen molar-refractivity contribution >= 4 is 5.91 Å². The van der Waals surface area contributed by atoms with E-state index < -0.39 is 17.5 Å². The zero-order chi connectivity index (χ0) is 16.1. The summed E-state index contributed by atoms with van der Waals surface area (Å²) in [7, 11) is 1.66. The molecule has 0 spiro atoms. The minimum Gasteiger partial charge on any atom is -0.384 e. The molecule has 120 valence electrons. The molecule has 0 unspecified atom stereocenters. The van der Waals surface area contributed by atoms with Crippen molar-refractivity contribution in [2.45, 2.75) is 20.3 Å². The van der Waals surface area contributed by atoms with Crippen LogP contribution in [0.1, 0.15) is 30.8 Å².